The van der Waals surface area contributed by atoms with Gasteiger partial charge in [-0.1, -0.05) is 52.6 Å². The van der Waals surface area contributed by atoms with Crippen molar-refractivity contribution in [3.63, 3.8) is 0 Å². The van der Waals surface area contributed by atoms with Crippen LogP contribution in [-0.4, -0.2) is 25.2 Å². The van der Waals surface area contributed by atoms with E-state index in [0.717, 1.165) is 11.1 Å². The van der Waals surface area contributed by atoms with Crippen LogP contribution in [0, 0.1) is 6.92 Å². The molecule has 0 unspecified atom stereocenters. The van der Waals surface area contributed by atoms with Gasteiger partial charge >= 0.3 is 0 Å². The third-order valence-electron chi connectivity index (χ3n) is 4.15. The molecule has 2 heterocycles. The zero-order valence-electron chi connectivity index (χ0n) is 15.4. The number of tetrazole rings is 1. The van der Waals surface area contributed by atoms with E-state index in [2.05, 4.69) is 25.8 Å². The second-order valence-corrected chi connectivity index (χ2v) is 7.00. The molecule has 146 valence electrons. The molecule has 7 nitrogen and oxygen atoms in total. The van der Waals surface area contributed by atoms with E-state index in [1.807, 2.05) is 43.3 Å². The summed E-state index contributed by atoms with van der Waals surface area (Å²) < 4.78 is 7.40. The maximum absolute atomic E-state index is 6.29. The number of nitrogens with one attached hydrogen (secondary N) is 1. The van der Waals surface area contributed by atoms with E-state index in [0.29, 0.717) is 39.9 Å². The van der Waals surface area contributed by atoms with Crippen molar-refractivity contribution < 1.29 is 4.74 Å². The van der Waals surface area contributed by atoms with Gasteiger partial charge in [-0.25, -0.2) is 4.98 Å². The summed E-state index contributed by atoms with van der Waals surface area (Å²) in [6, 6.07) is 16.8. The van der Waals surface area contributed by atoms with Crippen LogP contribution in [0.1, 0.15) is 11.1 Å². The van der Waals surface area contributed by atoms with Crippen LogP contribution in [0.3, 0.4) is 0 Å². The summed E-state index contributed by atoms with van der Waals surface area (Å²) in [6.45, 7) is 2.44. The molecule has 0 aliphatic heterocycles. The molecule has 2 aromatic heterocycles. The fraction of sp³-hybridized carbons (Fsp3) is 0.100. The molecule has 0 bridgehead atoms. The number of aromatic nitrogens is 5. The topological polar surface area (TPSA) is 77.8 Å². The molecule has 0 saturated heterocycles. The fourth-order valence-corrected chi connectivity index (χ4v) is 3.08. The molecule has 0 atom stereocenters. The normalized spacial score (nSPS) is 10.7. The summed E-state index contributed by atoms with van der Waals surface area (Å²) in [7, 11) is 0. The van der Waals surface area contributed by atoms with E-state index in [1.54, 1.807) is 24.4 Å². The maximum Gasteiger partial charge on any atom is 0.248 e. The van der Waals surface area contributed by atoms with Crippen molar-refractivity contribution in [1.29, 1.82) is 0 Å². The van der Waals surface area contributed by atoms with Crippen LogP contribution >= 0.6 is 23.2 Å². The van der Waals surface area contributed by atoms with Crippen molar-refractivity contribution in [1.82, 2.24) is 25.2 Å². The number of benzene rings is 2. The lowest BCUT2D eigenvalue weighted by atomic mass is 10.2. The minimum absolute atomic E-state index is 0.380. The number of ether oxygens (including phenoxy) is 1. The van der Waals surface area contributed by atoms with Gasteiger partial charge in [-0.3, -0.25) is 0 Å². The summed E-state index contributed by atoms with van der Waals surface area (Å²) in [5.74, 6) is 1.72. The number of hydrogen-bond acceptors (Lipinski definition) is 6. The Bertz CT molecular complexity index is 1150. The van der Waals surface area contributed by atoms with E-state index < -0.39 is 0 Å². The highest BCUT2D eigenvalue weighted by Crippen LogP contribution is 2.29. The van der Waals surface area contributed by atoms with Gasteiger partial charge in [-0.2, -0.15) is 4.68 Å². The molecular formula is C20H16Cl2N6O. The van der Waals surface area contributed by atoms with Crippen molar-refractivity contribution in [2.24, 2.45) is 0 Å². The molecular weight excluding hydrogens is 411 g/mol. The first-order valence-electron chi connectivity index (χ1n) is 8.77. The predicted octanol–water partition coefficient (Wildman–Crippen LogP) is 5.08. The molecule has 4 rings (SSSR count). The summed E-state index contributed by atoms with van der Waals surface area (Å²) in [4.78, 5) is 4.26. The smallest absolute Gasteiger partial charge is 0.248 e. The monoisotopic (exact) mass is 426 g/mol. The van der Waals surface area contributed by atoms with Gasteiger partial charge in [0, 0.05) is 18.3 Å². The molecule has 29 heavy (non-hydrogen) atoms. The van der Waals surface area contributed by atoms with Crippen LogP contribution in [0.2, 0.25) is 10.0 Å². The molecule has 0 spiro atoms. The SMILES string of the molecule is Cc1cccnc1Oc1cccc(CNc2nnnn2-c2cccc(Cl)c2Cl)c1. The summed E-state index contributed by atoms with van der Waals surface area (Å²) in [5.41, 5.74) is 2.55. The highest BCUT2D eigenvalue weighted by atomic mass is 35.5. The predicted molar refractivity (Wildman–Crippen MR) is 112 cm³/mol. The largest absolute Gasteiger partial charge is 0.439 e. The molecule has 0 aliphatic carbocycles. The first-order chi connectivity index (χ1) is 14.1. The van der Waals surface area contributed by atoms with Crippen molar-refractivity contribution >= 4 is 29.2 Å². The van der Waals surface area contributed by atoms with Crippen molar-refractivity contribution in [3.8, 4) is 17.3 Å². The van der Waals surface area contributed by atoms with Crippen LogP contribution in [-0.2, 0) is 6.54 Å². The summed E-state index contributed by atoms with van der Waals surface area (Å²) >= 11 is 12.4. The van der Waals surface area contributed by atoms with E-state index in [1.165, 1.54) is 4.68 Å². The van der Waals surface area contributed by atoms with Gasteiger partial charge < -0.3 is 10.1 Å². The standard InChI is InChI=1S/C20H16Cl2N6O/c1-13-5-4-10-23-19(13)29-15-7-2-6-14(11-15)12-24-20-25-26-27-28(20)17-9-3-8-16(21)18(17)22/h2-11H,12H2,1H3,(H,24,25,27). The van der Waals surface area contributed by atoms with Gasteiger partial charge in [0.05, 0.1) is 15.7 Å². The van der Waals surface area contributed by atoms with Gasteiger partial charge in [0.15, 0.2) is 0 Å². The minimum Gasteiger partial charge on any atom is -0.439 e. The zero-order valence-corrected chi connectivity index (χ0v) is 16.9. The second kappa shape index (κ2) is 8.46. The number of hydrogen-bond donors (Lipinski definition) is 1. The van der Waals surface area contributed by atoms with Crippen LogP contribution in [0.25, 0.3) is 5.69 Å². The highest BCUT2D eigenvalue weighted by Gasteiger charge is 2.13. The van der Waals surface area contributed by atoms with Gasteiger partial charge in [0.1, 0.15) is 5.75 Å². The lowest BCUT2D eigenvalue weighted by Crippen LogP contribution is -2.08. The average molecular weight is 427 g/mol. The Labute approximate surface area is 177 Å². The molecule has 9 heteroatoms. The molecule has 1 N–H and O–H groups in total. The van der Waals surface area contributed by atoms with Crippen LogP contribution < -0.4 is 10.1 Å². The van der Waals surface area contributed by atoms with Crippen molar-refractivity contribution in [2.45, 2.75) is 13.5 Å². The number of nitrogens with zero attached hydrogens (tertiary/aromatic N) is 5. The molecule has 4 aromatic rings. The lowest BCUT2D eigenvalue weighted by Gasteiger charge is -2.11. The number of halogens is 2. The van der Waals surface area contributed by atoms with Gasteiger partial charge in [0.2, 0.25) is 11.8 Å². The summed E-state index contributed by atoms with van der Waals surface area (Å²) in [6.07, 6.45) is 1.70. The Kier molecular flexibility index (Phi) is 5.59. The number of pyridine rings is 1. The van der Waals surface area contributed by atoms with Crippen LogP contribution in [0.15, 0.2) is 60.8 Å². The number of anilines is 1. The Hall–Kier alpha value is -3.16. The first-order valence-corrected chi connectivity index (χ1v) is 9.52. The van der Waals surface area contributed by atoms with E-state index >= 15 is 0 Å². The van der Waals surface area contributed by atoms with Crippen molar-refractivity contribution in [2.75, 3.05) is 5.32 Å². The van der Waals surface area contributed by atoms with E-state index in [4.69, 9.17) is 27.9 Å². The molecule has 0 saturated carbocycles. The second-order valence-electron chi connectivity index (χ2n) is 6.22. The Morgan fingerprint density at radius 3 is 2.79 bits per heavy atom. The third kappa shape index (κ3) is 4.31. The van der Waals surface area contributed by atoms with Crippen LogP contribution in [0.4, 0.5) is 5.95 Å². The van der Waals surface area contributed by atoms with E-state index in [9.17, 15) is 0 Å². The number of rotatable bonds is 6. The average Bonchev–Trinajstić information content (AvgIpc) is 3.19. The van der Waals surface area contributed by atoms with E-state index in [-0.39, 0.29) is 0 Å². The zero-order chi connectivity index (χ0) is 20.2. The highest BCUT2D eigenvalue weighted by molar-refractivity contribution is 6.43. The van der Waals surface area contributed by atoms with Gasteiger partial charge in [0.25, 0.3) is 0 Å². The maximum atomic E-state index is 6.29. The molecule has 0 aliphatic rings. The lowest BCUT2D eigenvalue weighted by molar-refractivity contribution is 0.458. The summed E-state index contributed by atoms with van der Waals surface area (Å²) in [5, 5.41) is 15.8. The first kappa shape index (κ1) is 19.2. The van der Waals surface area contributed by atoms with Gasteiger partial charge in [-0.15, -0.1) is 0 Å². The molecule has 0 radical (unpaired) electrons. The molecule has 0 fully saturated rings. The van der Waals surface area contributed by atoms with Crippen LogP contribution in [0.5, 0.6) is 11.6 Å². The Morgan fingerprint density at radius 1 is 1.07 bits per heavy atom. The fourth-order valence-electron chi connectivity index (χ4n) is 2.71. The molecule has 0 amide bonds. The minimum atomic E-state index is 0.380. The third-order valence-corrected chi connectivity index (χ3v) is 4.96. The van der Waals surface area contributed by atoms with Gasteiger partial charge in [-0.05, 0) is 53.2 Å². The number of aryl methyl sites for hydroxylation is 1. The Balaban J connectivity index is 1.50. The van der Waals surface area contributed by atoms with Crippen molar-refractivity contribution in [3.05, 3.63) is 82.0 Å². The Morgan fingerprint density at radius 2 is 1.93 bits per heavy atom. The molecule has 2 aromatic carbocycles. The quantitative estimate of drug-likeness (QED) is 0.463.